The number of rotatable bonds is 5. The Labute approximate surface area is 184 Å². The van der Waals surface area contributed by atoms with Crippen LogP contribution in [-0.2, 0) is 11.0 Å². The van der Waals surface area contributed by atoms with Gasteiger partial charge in [-0.25, -0.2) is 9.97 Å². The summed E-state index contributed by atoms with van der Waals surface area (Å²) in [5.74, 6) is -0.434. The number of hydrogen-bond donors (Lipinski definition) is 2. The van der Waals surface area contributed by atoms with Gasteiger partial charge in [-0.2, -0.15) is 13.2 Å². The molecule has 0 spiro atoms. The topological polar surface area (TPSA) is 78.4 Å². The Hall–Kier alpha value is -2.50. The van der Waals surface area contributed by atoms with Gasteiger partial charge in [-0.1, -0.05) is 0 Å². The number of aliphatic hydroxyl groups is 1. The number of carbonyl (C=O) groups excluding carboxylic acids is 1. The predicted octanol–water partition coefficient (Wildman–Crippen LogP) is 4.72. The summed E-state index contributed by atoms with van der Waals surface area (Å²) >= 11 is 2.67. The molecule has 0 aliphatic carbocycles. The van der Waals surface area contributed by atoms with Crippen molar-refractivity contribution >= 4 is 39.4 Å². The minimum atomic E-state index is -4.36. The Bertz CT molecular complexity index is 1090. The van der Waals surface area contributed by atoms with Gasteiger partial charge in [0.1, 0.15) is 11.1 Å². The zero-order valence-electron chi connectivity index (χ0n) is 16.6. The van der Waals surface area contributed by atoms with E-state index in [1.54, 1.807) is 6.92 Å². The van der Waals surface area contributed by atoms with E-state index in [0.29, 0.717) is 34.6 Å². The quantitative estimate of drug-likeness (QED) is 0.567. The summed E-state index contributed by atoms with van der Waals surface area (Å²) in [6.07, 6.45) is -5.01. The highest BCUT2D eigenvalue weighted by Crippen LogP contribution is 2.35. The average molecular weight is 469 g/mol. The van der Waals surface area contributed by atoms with Crippen LogP contribution in [0, 0.1) is 12.8 Å². The van der Waals surface area contributed by atoms with Crippen molar-refractivity contribution in [2.75, 3.05) is 23.3 Å². The molecule has 1 aliphatic heterocycles. The van der Waals surface area contributed by atoms with Crippen molar-refractivity contribution in [3.05, 3.63) is 45.9 Å². The van der Waals surface area contributed by atoms with E-state index in [4.69, 9.17) is 0 Å². The van der Waals surface area contributed by atoms with Gasteiger partial charge in [0, 0.05) is 24.2 Å². The van der Waals surface area contributed by atoms with Crippen LogP contribution in [0.5, 0.6) is 0 Å². The van der Waals surface area contributed by atoms with Gasteiger partial charge in [0.05, 0.1) is 27.7 Å². The molecular weight excluding hydrogens is 449 g/mol. The first-order valence-corrected chi connectivity index (χ1v) is 11.2. The molecule has 3 aromatic rings. The van der Waals surface area contributed by atoms with Crippen LogP contribution in [0.3, 0.4) is 0 Å². The first-order valence-electron chi connectivity index (χ1n) is 9.46. The largest absolute Gasteiger partial charge is 0.416 e. The Morgan fingerprint density at radius 2 is 1.94 bits per heavy atom. The molecule has 1 saturated heterocycles. The van der Waals surface area contributed by atoms with E-state index in [1.807, 2.05) is 17.2 Å². The standard InChI is InChI=1S/C20H19F3N4O2S2/c1-10-16(31-18(24-10)11(2)28)15-9-30-19(25-15)26-17(29)12-7-27(8-12)14-5-3-13(4-6-14)20(21,22)23/h3-6,9,11-12,28H,7-8H2,1-2H3,(H,25,26,29). The highest BCUT2D eigenvalue weighted by molar-refractivity contribution is 7.17. The Morgan fingerprint density at radius 1 is 1.26 bits per heavy atom. The fourth-order valence-electron chi connectivity index (χ4n) is 3.19. The van der Waals surface area contributed by atoms with Crippen molar-refractivity contribution in [2.45, 2.75) is 26.1 Å². The molecule has 1 aromatic carbocycles. The molecular formula is C20H19F3N4O2S2. The van der Waals surface area contributed by atoms with Gasteiger partial charge in [0.25, 0.3) is 0 Å². The van der Waals surface area contributed by atoms with Gasteiger partial charge < -0.3 is 15.3 Å². The maximum absolute atomic E-state index is 12.7. The lowest BCUT2D eigenvalue weighted by atomic mass is 9.98. The highest BCUT2D eigenvalue weighted by Gasteiger charge is 2.34. The Kier molecular flexibility index (Phi) is 5.75. The fourth-order valence-corrected chi connectivity index (χ4v) is 4.94. The van der Waals surface area contributed by atoms with Gasteiger partial charge in [0.15, 0.2) is 5.13 Å². The number of nitrogens with one attached hydrogen (secondary N) is 1. The SMILES string of the molecule is Cc1nc(C(C)O)sc1-c1csc(NC(=O)C2CN(c3ccc(C(F)(F)F)cc3)C2)n1. The van der Waals surface area contributed by atoms with Crippen LogP contribution in [0.2, 0.25) is 0 Å². The van der Waals surface area contributed by atoms with Gasteiger partial charge in [0.2, 0.25) is 5.91 Å². The molecule has 164 valence electrons. The maximum Gasteiger partial charge on any atom is 0.416 e. The van der Waals surface area contributed by atoms with E-state index in [-0.39, 0.29) is 11.8 Å². The normalized spacial score (nSPS) is 15.6. The second-order valence-corrected chi connectivity index (χ2v) is 9.21. The number of amides is 1. The van der Waals surface area contributed by atoms with Gasteiger partial charge in [-0.3, -0.25) is 4.79 Å². The zero-order valence-corrected chi connectivity index (χ0v) is 18.2. The zero-order chi connectivity index (χ0) is 22.3. The highest BCUT2D eigenvalue weighted by atomic mass is 32.1. The van der Waals surface area contributed by atoms with Crippen LogP contribution in [0.1, 0.15) is 29.3 Å². The Morgan fingerprint density at radius 3 is 2.52 bits per heavy atom. The predicted molar refractivity (Wildman–Crippen MR) is 114 cm³/mol. The number of hydrogen-bond acceptors (Lipinski definition) is 7. The summed E-state index contributed by atoms with van der Waals surface area (Å²) in [5, 5.41) is 15.4. The number of aryl methyl sites for hydroxylation is 1. The van der Waals surface area contributed by atoms with Gasteiger partial charge in [-0.15, -0.1) is 22.7 Å². The molecule has 1 aliphatic rings. The summed E-state index contributed by atoms with van der Waals surface area (Å²) in [6, 6.07) is 4.93. The number of aromatic nitrogens is 2. The first kappa shape index (κ1) is 21.7. The number of nitrogens with zero attached hydrogens (tertiary/aromatic N) is 3. The van der Waals surface area contributed by atoms with E-state index in [2.05, 4.69) is 15.3 Å². The smallest absolute Gasteiger partial charge is 0.386 e. The summed E-state index contributed by atoms with van der Waals surface area (Å²) in [7, 11) is 0. The lowest BCUT2D eigenvalue weighted by Crippen LogP contribution is -2.52. The molecule has 31 heavy (non-hydrogen) atoms. The van der Waals surface area contributed by atoms with Crippen LogP contribution in [0.25, 0.3) is 10.6 Å². The molecule has 11 heteroatoms. The van der Waals surface area contributed by atoms with Gasteiger partial charge >= 0.3 is 6.18 Å². The average Bonchev–Trinajstić information content (AvgIpc) is 3.26. The fraction of sp³-hybridized carbons (Fsp3) is 0.350. The molecule has 2 aromatic heterocycles. The lowest BCUT2D eigenvalue weighted by molar-refractivity contribution is -0.137. The number of carbonyl (C=O) groups is 1. The van der Waals surface area contributed by atoms with Crippen molar-refractivity contribution in [3.8, 4) is 10.6 Å². The van der Waals surface area contributed by atoms with Crippen LogP contribution in [0.15, 0.2) is 29.6 Å². The summed E-state index contributed by atoms with van der Waals surface area (Å²) in [5.41, 5.74) is 1.43. The number of alkyl halides is 3. The number of benzene rings is 1. The first-order chi connectivity index (χ1) is 14.6. The van der Waals surface area contributed by atoms with Crippen molar-refractivity contribution in [1.29, 1.82) is 0 Å². The monoisotopic (exact) mass is 468 g/mol. The molecule has 1 atom stereocenters. The van der Waals surface area contributed by atoms with E-state index in [1.165, 1.54) is 34.8 Å². The van der Waals surface area contributed by atoms with Crippen molar-refractivity contribution < 1.29 is 23.1 Å². The van der Waals surface area contributed by atoms with E-state index >= 15 is 0 Å². The van der Waals surface area contributed by atoms with Crippen LogP contribution in [0.4, 0.5) is 24.0 Å². The van der Waals surface area contributed by atoms with Crippen molar-refractivity contribution in [3.63, 3.8) is 0 Å². The van der Waals surface area contributed by atoms with Crippen LogP contribution >= 0.6 is 22.7 Å². The molecule has 1 unspecified atom stereocenters. The minimum Gasteiger partial charge on any atom is -0.386 e. The third-order valence-electron chi connectivity index (χ3n) is 4.95. The lowest BCUT2D eigenvalue weighted by Gasteiger charge is -2.40. The molecule has 1 fully saturated rings. The number of aliphatic hydroxyl groups excluding tert-OH is 1. The van der Waals surface area contributed by atoms with Crippen molar-refractivity contribution in [1.82, 2.24) is 9.97 Å². The molecule has 2 N–H and O–H groups in total. The van der Waals surface area contributed by atoms with Crippen LogP contribution in [-0.4, -0.2) is 34.1 Å². The van der Waals surface area contributed by atoms with Gasteiger partial charge in [-0.05, 0) is 38.1 Å². The maximum atomic E-state index is 12.7. The molecule has 1 amide bonds. The molecule has 6 nitrogen and oxygen atoms in total. The number of anilines is 2. The summed E-state index contributed by atoms with van der Waals surface area (Å²) in [4.78, 5) is 24.0. The van der Waals surface area contributed by atoms with E-state index in [9.17, 15) is 23.1 Å². The third kappa shape index (κ3) is 4.58. The van der Waals surface area contributed by atoms with Crippen molar-refractivity contribution in [2.24, 2.45) is 5.92 Å². The van der Waals surface area contributed by atoms with Crippen LogP contribution < -0.4 is 10.2 Å². The second-order valence-electron chi connectivity index (χ2n) is 7.32. The minimum absolute atomic E-state index is 0.172. The molecule has 0 radical (unpaired) electrons. The number of thiazole rings is 2. The third-order valence-corrected chi connectivity index (χ3v) is 7.06. The Balaban J connectivity index is 1.34. The molecule has 3 heterocycles. The summed E-state index contributed by atoms with van der Waals surface area (Å²) in [6.45, 7) is 4.36. The molecule has 4 rings (SSSR count). The molecule has 0 saturated carbocycles. The molecule has 0 bridgehead atoms. The second kappa shape index (κ2) is 8.21. The van der Waals surface area contributed by atoms with E-state index < -0.39 is 17.8 Å². The summed E-state index contributed by atoms with van der Waals surface area (Å²) < 4.78 is 38.0. The number of halogens is 3. The van der Waals surface area contributed by atoms with E-state index in [0.717, 1.165) is 22.7 Å².